The summed E-state index contributed by atoms with van der Waals surface area (Å²) < 4.78 is 4.88. The lowest BCUT2D eigenvalue weighted by molar-refractivity contribution is 0.0883. The molecule has 0 fully saturated rings. The molecule has 6 heteroatoms. The summed E-state index contributed by atoms with van der Waals surface area (Å²) in [6, 6.07) is 0. The van der Waals surface area contributed by atoms with Crippen molar-refractivity contribution in [1.29, 1.82) is 0 Å². The zero-order valence-corrected chi connectivity index (χ0v) is 9.72. The second-order valence-corrected chi connectivity index (χ2v) is 3.70. The molecule has 0 rings (SSSR count). The van der Waals surface area contributed by atoms with Crippen molar-refractivity contribution in [2.75, 3.05) is 47.4 Å². The van der Waals surface area contributed by atoms with Gasteiger partial charge in [0, 0.05) is 25.0 Å². The first kappa shape index (κ1) is 14.2. The van der Waals surface area contributed by atoms with Crippen molar-refractivity contribution in [3.05, 3.63) is 0 Å². The third-order valence-corrected chi connectivity index (χ3v) is 2.18. The van der Waals surface area contributed by atoms with Crippen LogP contribution in [0.2, 0.25) is 0 Å². The van der Waals surface area contributed by atoms with E-state index in [1.54, 1.807) is 0 Å². The fourth-order valence-electron chi connectivity index (χ4n) is 1.69. The maximum atomic E-state index is 10.6. The molecule has 15 heavy (non-hydrogen) atoms. The van der Waals surface area contributed by atoms with Crippen molar-refractivity contribution in [1.82, 2.24) is 16.0 Å². The van der Waals surface area contributed by atoms with E-state index in [-0.39, 0.29) is 5.41 Å². The Balaban J connectivity index is 4.37. The summed E-state index contributed by atoms with van der Waals surface area (Å²) in [5, 5.41) is 9.27. The van der Waals surface area contributed by atoms with Crippen molar-refractivity contribution < 1.29 is 9.53 Å². The number of primary amides is 1. The van der Waals surface area contributed by atoms with E-state index in [9.17, 15) is 4.79 Å². The molecule has 6 nitrogen and oxygen atoms in total. The fourth-order valence-corrected chi connectivity index (χ4v) is 1.69. The molecule has 0 aromatic rings. The Bertz CT molecular complexity index is 170. The lowest BCUT2D eigenvalue weighted by Gasteiger charge is -2.32. The van der Waals surface area contributed by atoms with Gasteiger partial charge in [-0.1, -0.05) is 0 Å². The van der Waals surface area contributed by atoms with E-state index in [1.807, 2.05) is 21.1 Å². The smallest absolute Gasteiger partial charge is 0.404 e. The zero-order chi connectivity index (χ0) is 11.7. The molecule has 0 aliphatic rings. The molecular weight excluding hydrogens is 196 g/mol. The monoisotopic (exact) mass is 218 g/mol. The molecule has 0 aromatic heterocycles. The summed E-state index contributed by atoms with van der Waals surface area (Å²) in [6.45, 7) is 2.51. The van der Waals surface area contributed by atoms with Gasteiger partial charge in [-0.3, -0.25) is 0 Å². The predicted octanol–water partition coefficient (Wildman–Crippen LogP) is -1.27. The minimum absolute atomic E-state index is 0.173. The highest BCUT2D eigenvalue weighted by Crippen LogP contribution is 2.14. The molecule has 5 N–H and O–H groups in total. The summed E-state index contributed by atoms with van der Waals surface area (Å²) in [7, 11) is 5.60. The quantitative estimate of drug-likeness (QED) is 0.408. The Kier molecular flexibility index (Phi) is 7.02. The van der Waals surface area contributed by atoms with E-state index in [1.165, 1.54) is 0 Å². The van der Waals surface area contributed by atoms with Crippen LogP contribution in [0.15, 0.2) is 0 Å². The van der Waals surface area contributed by atoms with Gasteiger partial charge in [0.1, 0.15) is 6.61 Å². The molecule has 1 amide bonds. The Labute approximate surface area is 90.9 Å². The molecule has 0 aliphatic heterocycles. The van der Waals surface area contributed by atoms with Gasteiger partial charge in [-0.2, -0.15) is 0 Å². The van der Waals surface area contributed by atoms with Crippen LogP contribution in [-0.2, 0) is 4.74 Å². The molecule has 0 unspecified atom stereocenters. The van der Waals surface area contributed by atoms with Gasteiger partial charge in [-0.15, -0.1) is 0 Å². The van der Waals surface area contributed by atoms with E-state index in [2.05, 4.69) is 16.0 Å². The number of carbonyl (C=O) groups excluding carboxylic acids is 1. The standard InChI is InChI=1S/C9H22N4O2/c1-11-4-9(5-12-2,6-13-3)7-15-8(10)14/h11-13H,4-7H2,1-3H3,(H2,10,14). The molecule has 0 saturated heterocycles. The highest BCUT2D eigenvalue weighted by Gasteiger charge is 2.29. The maximum absolute atomic E-state index is 10.6. The summed E-state index contributed by atoms with van der Waals surface area (Å²) in [4.78, 5) is 10.6. The Morgan fingerprint density at radius 2 is 1.53 bits per heavy atom. The molecule has 0 saturated carbocycles. The van der Waals surface area contributed by atoms with Gasteiger partial charge in [-0.25, -0.2) is 4.79 Å². The minimum Gasteiger partial charge on any atom is -0.449 e. The zero-order valence-electron chi connectivity index (χ0n) is 9.72. The van der Waals surface area contributed by atoms with Crippen molar-refractivity contribution in [2.45, 2.75) is 0 Å². The summed E-state index contributed by atoms with van der Waals surface area (Å²) in [5.74, 6) is 0. The van der Waals surface area contributed by atoms with E-state index in [4.69, 9.17) is 10.5 Å². The van der Waals surface area contributed by atoms with Crippen molar-refractivity contribution in [3.8, 4) is 0 Å². The number of amides is 1. The lowest BCUT2D eigenvalue weighted by atomic mass is 9.88. The van der Waals surface area contributed by atoms with Crippen molar-refractivity contribution >= 4 is 6.09 Å². The first-order valence-corrected chi connectivity index (χ1v) is 4.96. The second kappa shape index (κ2) is 7.44. The largest absolute Gasteiger partial charge is 0.449 e. The van der Waals surface area contributed by atoms with Crippen LogP contribution in [0.5, 0.6) is 0 Å². The van der Waals surface area contributed by atoms with Gasteiger partial charge in [-0.05, 0) is 21.1 Å². The molecule has 0 aliphatic carbocycles. The first-order chi connectivity index (χ1) is 7.10. The van der Waals surface area contributed by atoms with Crippen LogP contribution in [0, 0.1) is 5.41 Å². The average molecular weight is 218 g/mol. The van der Waals surface area contributed by atoms with Gasteiger partial charge in [0.05, 0.1) is 0 Å². The maximum Gasteiger partial charge on any atom is 0.404 e. The third kappa shape index (κ3) is 5.56. The number of rotatable bonds is 8. The normalized spacial score (nSPS) is 11.4. The SMILES string of the molecule is CNCC(CNC)(CNC)COC(N)=O. The third-order valence-electron chi connectivity index (χ3n) is 2.18. The van der Waals surface area contributed by atoms with Crippen molar-refractivity contribution in [3.63, 3.8) is 0 Å². The minimum atomic E-state index is -0.734. The second-order valence-electron chi connectivity index (χ2n) is 3.70. The van der Waals surface area contributed by atoms with Crippen LogP contribution >= 0.6 is 0 Å². The molecule has 90 valence electrons. The highest BCUT2D eigenvalue weighted by atomic mass is 16.5. The molecule has 0 bridgehead atoms. The van der Waals surface area contributed by atoms with Gasteiger partial charge in [0.2, 0.25) is 0 Å². The van der Waals surface area contributed by atoms with Crippen LogP contribution in [0.4, 0.5) is 4.79 Å². The predicted molar refractivity (Wildman–Crippen MR) is 59.7 cm³/mol. The topological polar surface area (TPSA) is 88.4 Å². The molecule has 0 spiro atoms. The van der Waals surface area contributed by atoms with E-state index < -0.39 is 6.09 Å². The van der Waals surface area contributed by atoms with E-state index in [0.29, 0.717) is 6.61 Å². The molecule has 0 radical (unpaired) electrons. The van der Waals surface area contributed by atoms with E-state index in [0.717, 1.165) is 19.6 Å². The number of hydrogen-bond donors (Lipinski definition) is 4. The summed E-state index contributed by atoms with van der Waals surface area (Å²) >= 11 is 0. The number of nitrogens with one attached hydrogen (secondary N) is 3. The van der Waals surface area contributed by atoms with Crippen LogP contribution in [0.1, 0.15) is 0 Å². The number of carbonyl (C=O) groups is 1. The Morgan fingerprint density at radius 1 is 1.13 bits per heavy atom. The van der Waals surface area contributed by atoms with Crippen LogP contribution in [0.3, 0.4) is 0 Å². The average Bonchev–Trinajstić information content (AvgIpc) is 2.16. The summed E-state index contributed by atoms with van der Waals surface area (Å²) in [6.07, 6.45) is -0.734. The fraction of sp³-hybridized carbons (Fsp3) is 0.889. The molecule has 0 atom stereocenters. The van der Waals surface area contributed by atoms with Crippen molar-refractivity contribution in [2.24, 2.45) is 11.1 Å². The molecular formula is C9H22N4O2. The van der Waals surface area contributed by atoms with Crippen LogP contribution in [0.25, 0.3) is 0 Å². The Morgan fingerprint density at radius 3 is 1.80 bits per heavy atom. The number of hydrogen-bond acceptors (Lipinski definition) is 5. The first-order valence-electron chi connectivity index (χ1n) is 4.96. The number of nitrogens with two attached hydrogens (primary N) is 1. The molecule has 0 heterocycles. The molecule has 0 aromatic carbocycles. The summed E-state index contributed by atoms with van der Waals surface area (Å²) in [5.41, 5.74) is 4.79. The van der Waals surface area contributed by atoms with Crippen LogP contribution in [-0.4, -0.2) is 53.5 Å². The van der Waals surface area contributed by atoms with Gasteiger partial charge < -0.3 is 26.4 Å². The van der Waals surface area contributed by atoms with Gasteiger partial charge >= 0.3 is 6.09 Å². The number of ether oxygens (including phenoxy) is 1. The van der Waals surface area contributed by atoms with Gasteiger partial charge in [0.15, 0.2) is 0 Å². The Hall–Kier alpha value is -0.850. The van der Waals surface area contributed by atoms with Crippen LogP contribution < -0.4 is 21.7 Å². The lowest BCUT2D eigenvalue weighted by Crippen LogP contribution is -2.50. The van der Waals surface area contributed by atoms with E-state index >= 15 is 0 Å². The highest BCUT2D eigenvalue weighted by molar-refractivity contribution is 5.64. The van der Waals surface area contributed by atoms with Gasteiger partial charge in [0.25, 0.3) is 0 Å².